The molecule has 0 saturated carbocycles. The quantitative estimate of drug-likeness (QED) is 0.636. The minimum absolute atomic E-state index is 0.198. The number of carbonyl (C=O) groups is 1. The van der Waals surface area contributed by atoms with Gasteiger partial charge < -0.3 is 9.15 Å². The van der Waals surface area contributed by atoms with Crippen molar-refractivity contribution in [2.24, 2.45) is 0 Å². The number of methoxy groups -OCH3 is 1. The SMILES string of the molecule is COc1c(/C(C)=C/C(=O)Nc2nccs2)cc2c3c(oc2c1C)CCCC3. The molecule has 0 aliphatic heterocycles. The van der Waals surface area contributed by atoms with Crippen LogP contribution in [0.1, 0.15) is 42.2 Å². The van der Waals surface area contributed by atoms with E-state index in [1.807, 2.05) is 19.2 Å². The summed E-state index contributed by atoms with van der Waals surface area (Å²) in [4.78, 5) is 16.4. The molecule has 0 unspecified atom stereocenters. The van der Waals surface area contributed by atoms with E-state index in [0.29, 0.717) is 5.13 Å². The number of nitrogens with zero attached hydrogens (tertiary/aromatic N) is 1. The average molecular weight is 382 g/mol. The van der Waals surface area contributed by atoms with E-state index >= 15 is 0 Å². The highest BCUT2D eigenvalue weighted by atomic mass is 32.1. The molecule has 0 fully saturated rings. The summed E-state index contributed by atoms with van der Waals surface area (Å²) < 4.78 is 11.8. The Bertz CT molecular complexity index is 1030. The predicted octanol–water partition coefficient (Wildman–Crippen LogP) is 5.13. The Morgan fingerprint density at radius 3 is 2.93 bits per heavy atom. The highest BCUT2D eigenvalue weighted by Gasteiger charge is 2.23. The zero-order valence-corrected chi connectivity index (χ0v) is 16.5. The van der Waals surface area contributed by atoms with Gasteiger partial charge in [0.25, 0.3) is 0 Å². The molecule has 6 heteroatoms. The van der Waals surface area contributed by atoms with Gasteiger partial charge in [0.15, 0.2) is 5.13 Å². The number of nitrogens with one attached hydrogen (secondary N) is 1. The highest BCUT2D eigenvalue weighted by molar-refractivity contribution is 7.13. The molecule has 0 atom stereocenters. The van der Waals surface area contributed by atoms with Gasteiger partial charge in [-0.2, -0.15) is 0 Å². The lowest BCUT2D eigenvalue weighted by Gasteiger charge is -2.13. The molecule has 5 nitrogen and oxygen atoms in total. The van der Waals surface area contributed by atoms with Crippen molar-refractivity contribution in [1.29, 1.82) is 0 Å². The second-order valence-corrected chi connectivity index (χ2v) is 7.72. The highest BCUT2D eigenvalue weighted by Crippen LogP contribution is 2.41. The Morgan fingerprint density at radius 2 is 2.19 bits per heavy atom. The van der Waals surface area contributed by atoms with E-state index in [-0.39, 0.29) is 5.91 Å². The lowest BCUT2D eigenvalue weighted by atomic mass is 9.93. The summed E-state index contributed by atoms with van der Waals surface area (Å²) >= 11 is 1.39. The number of amides is 1. The van der Waals surface area contributed by atoms with Crippen molar-refractivity contribution in [2.75, 3.05) is 12.4 Å². The fraction of sp³-hybridized carbons (Fsp3) is 0.333. The molecule has 140 valence electrons. The van der Waals surface area contributed by atoms with Crippen LogP contribution in [-0.2, 0) is 17.6 Å². The number of aromatic nitrogens is 1. The van der Waals surface area contributed by atoms with Crippen molar-refractivity contribution in [1.82, 2.24) is 4.98 Å². The van der Waals surface area contributed by atoms with Crippen molar-refractivity contribution in [3.05, 3.63) is 46.2 Å². The monoisotopic (exact) mass is 382 g/mol. The summed E-state index contributed by atoms with van der Waals surface area (Å²) in [6.07, 6.45) is 7.65. The molecule has 0 spiro atoms. The molecule has 1 aliphatic carbocycles. The first kappa shape index (κ1) is 17.8. The second kappa shape index (κ2) is 7.19. The summed E-state index contributed by atoms with van der Waals surface area (Å²) in [6, 6.07) is 2.11. The molecule has 1 N–H and O–H groups in total. The maximum Gasteiger partial charge on any atom is 0.250 e. The number of carbonyl (C=O) groups excluding carboxylic acids is 1. The molecule has 0 saturated heterocycles. The third-order valence-corrected chi connectivity index (χ3v) is 5.75. The molecule has 2 heterocycles. The fourth-order valence-corrected chi connectivity index (χ4v) is 4.33. The van der Waals surface area contributed by atoms with Crippen molar-refractivity contribution in [3.8, 4) is 5.75 Å². The van der Waals surface area contributed by atoms with E-state index in [2.05, 4.69) is 16.4 Å². The number of hydrogen-bond acceptors (Lipinski definition) is 5. The first-order valence-electron chi connectivity index (χ1n) is 9.09. The zero-order valence-electron chi connectivity index (χ0n) is 15.7. The van der Waals surface area contributed by atoms with Crippen LogP contribution in [0.25, 0.3) is 16.5 Å². The van der Waals surface area contributed by atoms with Crippen LogP contribution in [0, 0.1) is 6.92 Å². The number of furan rings is 1. The van der Waals surface area contributed by atoms with Crippen LogP contribution < -0.4 is 10.1 Å². The van der Waals surface area contributed by atoms with E-state index in [4.69, 9.17) is 9.15 Å². The van der Waals surface area contributed by atoms with Gasteiger partial charge in [0.05, 0.1) is 7.11 Å². The van der Waals surface area contributed by atoms with Gasteiger partial charge in [0, 0.05) is 46.2 Å². The lowest BCUT2D eigenvalue weighted by Crippen LogP contribution is -2.08. The van der Waals surface area contributed by atoms with Crippen molar-refractivity contribution in [2.45, 2.75) is 39.5 Å². The number of thiazole rings is 1. The van der Waals surface area contributed by atoms with Crippen molar-refractivity contribution >= 4 is 38.9 Å². The maximum absolute atomic E-state index is 12.3. The van der Waals surface area contributed by atoms with Gasteiger partial charge in [0.2, 0.25) is 5.91 Å². The van der Waals surface area contributed by atoms with Gasteiger partial charge in [-0.1, -0.05) is 0 Å². The average Bonchev–Trinajstić information content (AvgIpc) is 3.29. The Morgan fingerprint density at radius 1 is 1.37 bits per heavy atom. The maximum atomic E-state index is 12.3. The lowest BCUT2D eigenvalue weighted by molar-refractivity contribution is -0.111. The largest absolute Gasteiger partial charge is 0.496 e. The Balaban J connectivity index is 1.77. The smallest absolute Gasteiger partial charge is 0.250 e. The molecule has 0 radical (unpaired) electrons. The second-order valence-electron chi connectivity index (χ2n) is 6.82. The third kappa shape index (κ3) is 3.25. The number of hydrogen-bond donors (Lipinski definition) is 1. The van der Waals surface area contributed by atoms with Crippen molar-refractivity contribution in [3.63, 3.8) is 0 Å². The number of allylic oxidation sites excluding steroid dienone is 1. The molecular weight excluding hydrogens is 360 g/mol. The zero-order chi connectivity index (χ0) is 19.0. The third-order valence-electron chi connectivity index (χ3n) is 5.07. The van der Waals surface area contributed by atoms with E-state index < -0.39 is 0 Å². The van der Waals surface area contributed by atoms with E-state index in [1.165, 1.54) is 29.7 Å². The molecule has 2 aromatic heterocycles. The summed E-state index contributed by atoms with van der Waals surface area (Å²) in [5.41, 5.74) is 4.96. The van der Waals surface area contributed by atoms with Gasteiger partial charge in [-0.3, -0.25) is 10.1 Å². The molecule has 27 heavy (non-hydrogen) atoms. The minimum atomic E-state index is -0.198. The van der Waals surface area contributed by atoms with Gasteiger partial charge in [-0.05, 0) is 44.7 Å². The van der Waals surface area contributed by atoms with Gasteiger partial charge >= 0.3 is 0 Å². The van der Waals surface area contributed by atoms with E-state index in [1.54, 1.807) is 19.4 Å². The van der Waals surface area contributed by atoms with Crippen LogP contribution in [0.3, 0.4) is 0 Å². The van der Waals surface area contributed by atoms with Gasteiger partial charge in [-0.15, -0.1) is 11.3 Å². The van der Waals surface area contributed by atoms with Crippen LogP contribution in [0.5, 0.6) is 5.75 Å². The number of ether oxygens (including phenoxy) is 1. The topological polar surface area (TPSA) is 64.4 Å². The summed E-state index contributed by atoms with van der Waals surface area (Å²) in [5.74, 6) is 1.66. The molecule has 1 aromatic carbocycles. The van der Waals surface area contributed by atoms with Crippen LogP contribution in [0.2, 0.25) is 0 Å². The summed E-state index contributed by atoms with van der Waals surface area (Å²) in [7, 11) is 1.66. The number of aryl methyl sites for hydroxylation is 3. The number of anilines is 1. The first-order valence-corrected chi connectivity index (χ1v) is 9.97. The molecule has 3 aromatic rings. The number of rotatable bonds is 4. The van der Waals surface area contributed by atoms with Crippen LogP contribution in [0.4, 0.5) is 5.13 Å². The number of fused-ring (bicyclic) bond motifs is 3. The van der Waals surface area contributed by atoms with Crippen LogP contribution >= 0.6 is 11.3 Å². The molecule has 1 amide bonds. The number of benzene rings is 1. The predicted molar refractivity (Wildman–Crippen MR) is 109 cm³/mol. The molecular formula is C21H22N2O3S. The van der Waals surface area contributed by atoms with Crippen LogP contribution in [0.15, 0.2) is 28.1 Å². The van der Waals surface area contributed by atoms with E-state index in [9.17, 15) is 4.79 Å². The van der Waals surface area contributed by atoms with Gasteiger partial charge in [-0.25, -0.2) is 4.98 Å². The van der Waals surface area contributed by atoms with Crippen molar-refractivity contribution < 1.29 is 13.9 Å². The van der Waals surface area contributed by atoms with Crippen LogP contribution in [-0.4, -0.2) is 18.0 Å². The summed E-state index contributed by atoms with van der Waals surface area (Å²) in [5, 5.41) is 6.35. The fourth-order valence-electron chi connectivity index (χ4n) is 3.79. The van der Waals surface area contributed by atoms with Gasteiger partial charge in [0.1, 0.15) is 17.1 Å². The molecule has 1 aliphatic rings. The summed E-state index contributed by atoms with van der Waals surface area (Å²) in [6.45, 7) is 3.94. The Kier molecular flexibility index (Phi) is 4.74. The van der Waals surface area contributed by atoms with E-state index in [0.717, 1.165) is 52.0 Å². The minimum Gasteiger partial charge on any atom is -0.496 e. The Hall–Kier alpha value is -2.60. The first-order chi connectivity index (χ1) is 13.1. The standard InChI is InChI=1S/C21H22N2O3S/c1-12(10-18(24)23-21-22-8-9-27-21)15-11-16-14-6-4-5-7-17(14)26-20(16)13(2)19(15)25-3/h8-11H,4-7H2,1-3H3,(H,22,23,24)/b12-10+. The molecule has 4 rings (SSSR count). The molecule has 0 bridgehead atoms. The normalized spacial score (nSPS) is 14.3. The Labute approximate surface area is 162 Å².